The van der Waals surface area contributed by atoms with E-state index < -0.39 is 5.97 Å². The molecule has 1 fully saturated rings. The number of esters is 1. The quantitative estimate of drug-likeness (QED) is 0.555. The van der Waals surface area contributed by atoms with E-state index in [2.05, 4.69) is 28.2 Å². The number of methoxy groups -OCH3 is 1. The van der Waals surface area contributed by atoms with E-state index in [1.807, 2.05) is 0 Å². The van der Waals surface area contributed by atoms with Gasteiger partial charge in [-0.2, -0.15) is 0 Å². The molecule has 1 aliphatic rings. The summed E-state index contributed by atoms with van der Waals surface area (Å²) < 4.78 is 4.14. The van der Waals surface area contributed by atoms with Crippen LogP contribution in [0.2, 0.25) is 0 Å². The van der Waals surface area contributed by atoms with E-state index in [1.165, 1.54) is 20.2 Å². The summed E-state index contributed by atoms with van der Waals surface area (Å²) in [4.78, 5) is 14.6. The van der Waals surface area contributed by atoms with Crippen LogP contribution in [0.15, 0.2) is 12.7 Å². The third-order valence-electron chi connectivity index (χ3n) is 2.60. The number of nitrogens with zero attached hydrogens (tertiary/aromatic N) is 2. The fourth-order valence-electron chi connectivity index (χ4n) is 1.45. The van der Waals surface area contributed by atoms with Crippen molar-refractivity contribution in [2.45, 2.75) is 6.42 Å². The number of piperazine rings is 1. The lowest BCUT2D eigenvalue weighted by atomic mass is 10.3. The molecule has 0 saturated carbocycles. The molecule has 0 spiro atoms. The topological polar surface area (TPSA) is 53.0 Å². The van der Waals surface area contributed by atoms with Gasteiger partial charge in [0.2, 0.25) is 0 Å². The Hall–Kier alpha value is -0.910. The third kappa shape index (κ3) is 8.85. The number of carbonyl (C=O) groups excluding carboxylic acids is 1. The molecule has 0 radical (unpaired) electrons. The van der Waals surface area contributed by atoms with Gasteiger partial charge < -0.3 is 19.6 Å². The molecule has 1 rings (SSSR count). The van der Waals surface area contributed by atoms with E-state index in [1.54, 1.807) is 0 Å². The van der Waals surface area contributed by atoms with E-state index in [4.69, 9.17) is 5.11 Å². The molecule has 0 amide bonds. The molecule has 17 heavy (non-hydrogen) atoms. The number of likely N-dealkylation sites (N-methyl/N-ethyl adjacent to an activating group) is 1. The highest BCUT2D eigenvalue weighted by Gasteiger charge is 2.12. The lowest BCUT2D eigenvalue weighted by molar-refractivity contribution is -0.134. The standard InChI is InChI=1S/C8H18N2O.C4H6O2/c1-9-4-6-10(7-5-9)3-2-8-11;1-3-4(5)6-2/h11H,2-8H2,1H3;3H,1H2,2H3. The highest BCUT2D eigenvalue weighted by atomic mass is 16.5. The minimum atomic E-state index is -0.394. The highest BCUT2D eigenvalue weighted by molar-refractivity contribution is 5.80. The minimum absolute atomic E-state index is 0.326. The van der Waals surface area contributed by atoms with Crippen LogP contribution in [0, 0.1) is 0 Å². The maximum Gasteiger partial charge on any atom is 0.329 e. The lowest BCUT2D eigenvalue weighted by Crippen LogP contribution is -2.44. The zero-order valence-electron chi connectivity index (χ0n) is 10.9. The molecule has 0 bridgehead atoms. The summed E-state index contributed by atoms with van der Waals surface area (Å²) in [6.07, 6.45) is 2.03. The molecular formula is C12H24N2O3. The molecule has 0 aromatic carbocycles. The van der Waals surface area contributed by atoms with Gasteiger partial charge in [0.15, 0.2) is 0 Å². The maximum atomic E-state index is 9.84. The predicted molar refractivity (Wildman–Crippen MR) is 67.9 cm³/mol. The molecule has 1 aliphatic heterocycles. The van der Waals surface area contributed by atoms with Crippen LogP contribution in [0.25, 0.3) is 0 Å². The van der Waals surface area contributed by atoms with Crippen LogP contribution in [0.1, 0.15) is 6.42 Å². The third-order valence-corrected chi connectivity index (χ3v) is 2.60. The Morgan fingerprint density at radius 2 is 2.00 bits per heavy atom. The van der Waals surface area contributed by atoms with Crippen molar-refractivity contribution in [1.29, 1.82) is 0 Å². The molecule has 5 heteroatoms. The van der Waals surface area contributed by atoms with Crippen LogP contribution in [-0.2, 0) is 9.53 Å². The molecule has 1 N–H and O–H groups in total. The first-order valence-corrected chi connectivity index (χ1v) is 5.86. The van der Waals surface area contributed by atoms with Gasteiger partial charge in [0.25, 0.3) is 0 Å². The van der Waals surface area contributed by atoms with E-state index in [0.717, 1.165) is 32.1 Å². The van der Waals surface area contributed by atoms with Crippen LogP contribution in [0.5, 0.6) is 0 Å². The van der Waals surface area contributed by atoms with E-state index in [9.17, 15) is 4.79 Å². The summed E-state index contributed by atoms with van der Waals surface area (Å²) in [6, 6.07) is 0. The molecule has 0 aromatic rings. The van der Waals surface area contributed by atoms with Crippen molar-refractivity contribution < 1.29 is 14.6 Å². The molecule has 0 atom stereocenters. The first-order chi connectivity index (χ1) is 8.13. The zero-order chi connectivity index (χ0) is 13.1. The van der Waals surface area contributed by atoms with Gasteiger partial charge in [-0.3, -0.25) is 0 Å². The van der Waals surface area contributed by atoms with Crippen LogP contribution in [-0.4, -0.2) is 74.4 Å². The Balaban J connectivity index is 0.000000366. The summed E-state index contributed by atoms with van der Waals surface area (Å²) in [5.41, 5.74) is 0. The van der Waals surface area contributed by atoms with Crippen LogP contribution in [0.4, 0.5) is 0 Å². The van der Waals surface area contributed by atoms with Gasteiger partial charge in [-0.15, -0.1) is 0 Å². The average molecular weight is 244 g/mol. The first-order valence-electron chi connectivity index (χ1n) is 5.86. The van der Waals surface area contributed by atoms with Crippen molar-refractivity contribution in [2.24, 2.45) is 0 Å². The van der Waals surface area contributed by atoms with Gasteiger partial charge in [-0.25, -0.2) is 4.79 Å². The minimum Gasteiger partial charge on any atom is -0.466 e. The summed E-state index contributed by atoms with van der Waals surface area (Å²) >= 11 is 0. The summed E-state index contributed by atoms with van der Waals surface area (Å²) in [5.74, 6) is -0.394. The van der Waals surface area contributed by atoms with E-state index in [0.29, 0.717) is 6.61 Å². The summed E-state index contributed by atoms with van der Waals surface area (Å²) in [5, 5.41) is 8.61. The number of aliphatic hydroxyl groups is 1. The molecule has 5 nitrogen and oxygen atoms in total. The Morgan fingerprint density at radius 1 is 1.41 bits per heavy atom. The number of ether oxygens (including phenoxy) is 1. The fraction of sp³-hybridized carbons (Fsp3) is 0.750. The van der Waals surface area contributed by atoms with Gasteiger partial charge in [0, 0.05) is 45.4 Å². The predicted octanol–water partition coefficient (Wildman–Crippen LogP) is -0.0384. The number of aliphatic hydroxyl groups excluding tert-OH is 1. The van der Waals surface area contributed by atoms with Crippen molar-refractivity contribution in [3.63, 3.8) is 0 Å². The van der Waals surface area contributed by atoms with Crippen LogP contribution >= 0.6 is 0 Å². The Morgan fingerprint density at radius 3 is 2.35 bits per heavy atom. The van der Waals surface area contributed by atoms with Crippen molar-refractivity contribution >= 4 is 5.97 Å². The SMILES string of the molecule is C=CC(=O)OC.CN1CCN(CCCO)CC1. The van der Waals surface area contributed by atoms with Gasteiger partial charge in [-0.1, -0.05) is 6.58 Å². The number of carbonyl (C=O) groups is 1. The molecule has 100 valence electrons. The van der Waals surface area contributed by atoms with Gasteiger partial charge in [0.05, 0.1) is 7.11 Å². The average Bonchev–Trinajstić information content (AvgIpc) is 2.38. The molecule has 1 heterocycles. The molecule has 0 unspecified atom stereocenters. The lowest BCUT2D eigenvalue weighted by Gasteiger charge is -2.32. The van der Waals surface area contributed by atoms with Gasteiger partial charge in [0.1, 0.15) is 0 Å². The van der Waals surface area contributed by atoms with Crippen LogP contribution < -0.4 is 0 Å². The first kappa shape index (κ1) is 16.1. The van der Waals surface area contributed by atoms with Crippen molar-refractivity contribution in [3.8, 4) is 0 Å². The number of hydrogen-bond donors (Lipinski definition) is 1. The molecule has 1 saturated heterocycles. The fourth-order valence-corrected chi connectivity index (χ4v) is 1.45. The maximum absolute atomic E-state index is 9.84. The molecule has 0 aromatic heterocycles. The summed E-state index contributed by atoms with van der Waals surface area (Å²) in [6.45, 7) is 9.21. The second-order valence-electron chi connectivity index (χ2n) is 3.95. The second-order valence-corrected chi connectivity index (χ2v) is 3.95. The number of hydrogen-bond acceptors (Lipinski definition) is 5. The monoisotopic (exact) mass is 244 g/mol. The summed E-state index contributed by atoms with van der Waals surface area (Å²) in [7, 11) is 3.47. The van der Waals surface area contributed by atoms with Gasteiger partial charge >= 0.3 is 5.97 Å². The largest absolute Gasteiger partial charge is 0.466 e. The Bertz CT molecular complexity index is 211. The molecule has 0 aliphatic carbocycles. The van der Waals surface area contributed by atoms with Crippen LogP contribution in [0.3, 0.4) is 0 Å². The van der Waals surface area contributed by atoms with Crippen molar-refractivity contribution in [2.75, 3.05) is 53.5 Å². The van der Waals surface area contributed by atoms with Gasteiger partial charge in [-0.05, 0) is 13.5 Å². The van der Waals surface area contributed by atoms with E-state index >= 15 is 0 Å². The highest BCUT2D eigenvalue weighted by Crippen LogP contribution is 1.99. The van der Waals surface area contributed by atoms with E-state index in [-0.39, 0.29) is 0 Å². The molecular weight excluding hydrogens is 220 g/mol. The smallest absolute Gasteiger partial charge is 0.329 e. The normalized spacial score (nSPS) is 16.9. The second kappa shape index (κ2) is 10.3. The zero-order valence-corrected chi connectivity index (χ0v) is 10.9. The number of rotatable bonds is 4. The Kier molecular flexibility index (Phi) is 9.71. The van der Waals surface area contributed by atoms with Crippen molar-refractivity contribution in [3.05, 3.63) is 12.7 Å². The van der Waals surface area contributed by atoms with Crippen molar-refractivity contribution in [1.82, 2.24) is 9.80 Å². The Labute approximate surface area is 104 Å².